The number of nitrogens with zero attached hydrogens (tertiary/aromatic N) is 2. The molecule has 18 heavy (non-hydrogen) atoms. The van der Waals surface area contributed by atoms with Crippen molar-refractivity contribution in [1.29, 1.82) is 0 Å². The first-order chi connectivity index (χ1) is 8.75. The van der Waals surface area contributed by atoms with Gasteiger partial charge in [-0.1, -0.05) is 18.2 Å². The van der Waals surface area contributed by atoms with Crippen LogP contribution in [-0.2, 0) is 0 Å². The number of carbonyl (C=O) groups excluding carboxylic acids is 1. The quantitative estimate of drug-likeness (QED) is 0.756. The van der Waals surface area contributed by atoms with E-state index in [-0.39, 0.29) is 5.78 Å². The van der Waals surface area contributed by atoms with Crippen LogP contribution in [0, 0.1) is 0 Å². The normalized spacial score (nSPS) is 15.3. The van der Waals surface area contributed by atoms with Gasteiger partial charge in [-0.3, -0.25) is 4.79 Å². The van der Waals surface area contributed by atoms with Crippen LogP contribution in [0.4, 0.5) is 5.69 Å². The van der Waals surface area contributed by atoms with E-state index in [1.807, 2.05) is 12.1 Å². The van der Waals surface area contributed by atoms with Crippen LogP contribution >= 0.6 is 0 Å². The molecule has 0 bridgehead atoms. The summed E-state index contributed by atoms with van der Waals surface area (Å²) in [5, 5.41) is 1.10. The van der Waals surface area contributed by atoms with E-state index in [9.17, 15) is 4.79 Å². The molecule has 0 unspecified atom stereocenters. The van der Waals surface area contributed by atoms with Crippen molar-refractivity contribution >= 4 is 22.4 Å². The predicted molar refractivity (Wildman–Crippen MR) is 73.2 cm³/mol. The number of anilines is 1. The number of Topliss-reactive ketones (excluding diaryl/α,β-unsaturated/α-hetero) is 1. The zero-order valence-corrected chi connectivity index (χ0v) is 10.5. The van der Waals surface area contributed by atoms with Crippen molar-refractivity contribution in [3.63, 3.8) is 0 Å². The van der Waals surface area contributed by atoms with Gasteiger partial charge >= 0.3 is 0 Å². The summed E-state index contributed by atoms with van der Waals surface area (Å²) < 4.78 is 0. The zero-order chi connectivity index (χ0) is 12.5. The van der Waals surface area contributed by atoms with Gasteiger partial charge in [-0.15, -0.1) is 0 Å². The number of benzene rings is 1. The van der Waals surface area contributed by atoms with E-state index in [2.05, 4.69) is 22.0 Å². The summed E-state index contributed by atoms with van der Waals surface area (Å²) in [6.07, 6.45) is 2.48. The minimum Gasteiger partial charge on any atom is -0.370 e. The van der Waals surface area contributed by atoms with Gasteiger partial charge in [-0.25, -0.2) is 4.98 Å². The molecular weight excluding hydrogens is 224 g/mol. The lowest BCUT2D eigenvalue weighted by atomic mass is 10.1. The van der Waals surface area contributed by atoms with Crippen LogP contribution < -0.4 is 4.90 Å². The topological polar surface area (TPSA) is 33.2 Å². The smallest absolute Gasteiger partial charge is 0.178 e. The Kier molecular flexibility index (Phi) is 2.74. The average molecular weight is 240 g/mol. The number of ketones is 1. The Labute approximate surface area is 106 Å². The standard InChI is InChI=1S/C15H16N2O/c1-11(18)13-8-7-12-5-4-6-14(15(12)16-13)17-9-2-3-10-17/h4-8H,2-3,9-10H2,1H3. The summed E-state index contributed by atoms with van der Waals surface area (Å²) in [4.78, 5) is 18.3. The van der Waals surface area contributed by atoms with Crippen LogP contribution in [0.25, 0.3) is 10.9 Å². The van der Waals surface area contributed by atoms with Crippen LogP contribution in [0.3, 0.4) is 0 Å². The maximum atomic E-state index is 11.4. The van der Waals surface area contributed by atoms with Gasteiger partial charge in [0, 0.05) is 25.4 Å². The molecule has 1 saturated heterocycles. The molecule has 0 aliphatic carbocycles. The largest absolute Gasteiger partial charge is 0.370 e. The minimum absolute atomic E-state index is 0.0214. The molecule has 0 saturated carbocycles. The van der Waals surface area contributed by atoms with Gasteiger partial charge in [-0.05, 0) is 25.0 Å². The van der Waals surface area contributed by atoms with Crippen molar-refractivity contribution in [3.8, 4) is 0 Å². The lowest BCUT2D eigenvalue weighted by molar-refractivity contribution is 0.101. The van der Waals surface area contributed by atoms with Crippen LogP contribution in [0.15, 0.2) is 30.3 Å². The molecule has 0 radical (unpaired) electrons. The van der Waals surface area contributed by atoms with Gasteiger partial charge in [0.15, 0.2) is 5.78 Å². The fourth-order valence-corrected chi connectivity index (χ4v) is 2.54. The molecule has 1 aromatic heterocycles. The molecular formula is C15H16N2O. The molecule has 0 spiro atoms. The maximum Gasteiger partial charge on any atom is 0.178 e. The Morgan fingerprint density at radius 3 is 2.67 bits per heavy atom. The molecule has 3 heteroatoms. The molecule has 0 N–H and O–H groups in total. The predicted octanol–water partition coefficient (Wildman–Crippen LogP) is 3.04. The number of carbonyl (C=O) groups is 1. The molecule has 0 amide bonds. The molecule has 1 aliphatic rings. The SMILES string of the molecule is CC(=O)c1ccc2cccc(N3CCCC3)c2n1. The molecule has 1 fully saturated rings. The monoisotopic (exact) mass is 240 g/mol. The molecule has 0 atom stereocenters. The lowest BCUT2D eigenvalue weighted by Crippen LogP contribution is -2.18. The van der Waals surface area contributed by atoms with Crippen LogP contribution in [0.1, 0.15) is 30.3 Å². The number of rotatable bonds is 2. The van der Waals surface area contributed by atoms with E-state index >= 15 is 0 Å². The molecule has 2 aromatic rings. The van der Waals surface area contributed by atoms with Gasteiger partial charge < -0.3 is 4.90 Å². The maximum absolute atomic E-state index is 11.4. The highest BCUT2D eigenvalue weighted by atomic mass is 16.1. The Balaban J connectivity index is 2.17. The van der Waals surface area contributed by atoms with E-state index in [1.54, 1.807) is 13.0 Å². The van der Waals surface area contributed by atoms with Crippen molar-refractivity contribution < 1.29 is 4.79 Å². The van der Waals surface area contributed by atoms with Gasteiger partial charge in [0.2, 0.25) is 0 Å². The lowest BCUT2D eigenvalue weighted by Gasteiger charge is -2.19. The van der Waals surface area contributed by atoms with Crippen LogP contribution in [0.5, 0.6) is 0 Å². The third kappa shape index (κ3) is 1.86. The van der Waals surface area contributed by atoms with Gasteiger partial charge in [-0.2, -0.15) is 0 Å². The van der Waals surface area contributed by atoms with E-state index in [4.69, 9.17) is 0 Å². The number of hydrogen-bond donors (Lipinski definition) is 0. The molecule has 1 aliphatic heterocycles. The average Bonchev–Trinajstić information content (AvgIpc) is 2.91. The number of fused-ring (bicyclic) bond motifs is 1. The number of aromatic nitrogens is 1. The van der Waals surface area contributed by atoms with Gasteiger partial charge in [0.05, 0.1) is 11.2 Å². The fourth-order valence-electron chi connectivity index (χ4n) is 2.54. The summed E-state index contributed by atoms with van der Waals surface area (Å²) in [5.74, 6) is 0.0214. The first-order valence-corrected chi connectivity index (χ1v) is 6.41. The third-order valence-corrected chi connectivity index (χ3v) is 3.51. The molecule has 1 aromatic carbocycles. The Bertz CT molecular complexity index is 600. The summed E-state index contributed by atoms with van der Waals surface area (Å²) >= 11 is 0. The van der Waals surface area contributed by atoms with Gasteiger partial charge in [0.1, 0.15) is 5.69 Å². The van der Waals surface area contributed by atoms with Crippen molar-refractivity contribution in [3.05, 3.63) is 36.0 Å². The van der Waals surface area contributed by atoms with E-state index in [0.717, 1.165) is 29.7 Å². The van der Waals surface area contributed by atoms with Crippen LogP contribution in [0.2, 0.25) is 0 Å². The summed E-state index contributed by atoms with van der Waals surface area (Å²) in [6.45, 7) is 3.74. The third-order valence-electron chi connectivity index (χ3n) is 3.51. The number of pyridine rings is 1. The van der Waals surface area contributed by atoms with Crippen molar-refractivity contribution in [2.45, 2.75) is 19.8 Å². The molecule has 92 valence electrons. The second kappa shape index (κ2) is 4.41. The summed E-state index contributed by atoms with van der Waals surface area (Å²) in [6, 6.07) is 10.00. The van der Waals surface area contributed by atoms with E-state index in [0.29, 0.717) is 5.69 Å². The molecule has 3 nitrogen and oxygen atoms in total. The first-order valence-electron chi connectivity index (χ1n) is 6.41. The van der Waals surface area contributed by atoms with Crippen LogP contribution in [-0.4, -0.2) is 23.9 Å². The van der Waals surface area contributed by atoms with Crippen molar-refractivity contribution in [2.75, 3.05) is 18.0 Å². The second-order valence-corrected chi connectivity index (χ2v) is 4.80. The fraction of sp³-hybridized carbons (Fsp3) is 0.333. The molecule has 2 heterocycles. The summed E-state index contributed by atoms with van der Waals surface area (Å²) in [7, 11) is 0. The second-order valence-electron chi connectivity index (χ2n) is 4.80. The molecule has 3 rings (SSSR count). The highest BCUT2D eigenvalue weighted by molar-refractivity contribution is 5.97. The van der Waals surface area contributed by atoms with Crippen molar-refractivity contribution in [2.24, 2.45) is 0 Å². The van der Waals surface area contributed by atoms with E-state index in [1.165, 1.54) is 12.8 Å². The Morgan fingerprint density at radius 1 is 1.17 bits per heavy atom. The number of para-hydroxylation sites is 1. The highest BCUT2D eigenvalue weighted by Crippen LogP contribution is 2.28. The zero-order valence-electron chi connectivity index (χ0n) is 10.5. The van der Waals surface area contributed by atoms with Gasteiger partial charge in [0.25, 0.3) is 0 Å². The Hall–Kier alpha value is -1.90. The van der Waals surface area contributed by atoms with Crippen molar-refractivity contribution in [1.82, 2.24) is 4.98 Å². The Morgan fingerprint density at radius 2 is 1.94 bits per heavy atom. The summed E-state index contributed by atoms with van der Waals surface area (Å²) in [5.41, 5.74) is 2.66. The van der Waals surface area contributed by atoms with E-state index < -0.39 is 0 Å². The number of hydrogen-bond acceptors (Lipinski definition) is 3. The minimum atomic E-state index is 0.0214. The first kappa shape index (κ1) is 11.2. The highest BCUT2D eigenvalue weighted by Gasteiger charge is 2.16.